The van der Waals surface area contributed by atoms with Crippen molar-refractivity contribution in [3.63, 3.8) is 0 Å². The van der Waals surface area contributed by atoms with Crippen LogP contribution < -0.4 is 0 Å². The predicted octanol–water partition coefficient (Wildman–Crippen LogP) is 4.47. The molecule has 1 aromatic carbocycles. The molecular formula is C21H23ClN2O4. The van der Waals surface area contributed by atoms with Crippen LogP contribution in [0.25, 0.3) is 11.1 Å². The third-order valence-corrected chi connectivity index (χ3v) is 5.02. The maximum atomic E-state index is 11.8. The lowest BCUT2D eigenvalue weighted by Gasteiger charge is -2.10. The highest BCUT2D eigenvalue weighted by Gasteiger charge is 2.18. The van der Waals surface area contributed by atoms with Gasteiger partial charge in [-0.05, 0) is 23.6 Å². The average Bonchev–Trinajstić information content (AvgIpc) is 3.32. The maximum Gasteiger partial charge on any atom is 0.374 e. The van der Waals surface area contributed by atoms with E-state index in [0.29, 0.717) is 23.0 Å². The highest BCUT2D eigenvalue weighted by Crippen LogP contribution is 2.27. The first-order valence-electron chi connectivity index (χ1n) is 9.18. The molecule has 3 aromatic rings. The zero-order valence-electron chi connectivity index (χ0n) is 15.9. The van der Waals surface area contributed by atoms with Crippen molar-refractivity contribution in [1.82, 2.24) is 9.55 Å². The van der Waals surface area contributed by atoms with Gasteiger partial charge in [-0.15, -0.1) is 0 Å². The summed E-state index contributed by atoms with van der Waals surface area (Å²) in [6, 6.07) is 9.54. The number of benzene rings is 1. The second kappa shape index (κ2) is 9.08. The highest BCUT2D eigenvalue weighted by molar-refractivity contribution is 6.30. The number of esters is 1. The van der Waals surface area contributed by atoms with Crippen molar-refractivity contribution >= 4 is 17.6 Å². The third-order valence-electron chi connectivity index (χ3n) is 4.60. The Balaban J connectivity index is 1.85. The van der Waals surface area contributed by atoms with Gasteiger partial charge >= 0.3 is 5.97 Å². The molecule has 0 aliphatic heterocycles. The van der Waals surface area contributed by atoms with Crippen LogP contribution in [0.4, 0.5) is 0 Å². The van der Waals surface area contributed by atoms with E-state index in [0.717, 1.165) is 36.2 Å². The fraction of sp³-hybridized carbons (Fsp3) is 0.333. The second-order valence-corrected chi connectivity index (χ2v) is 6.82. The standard InChI is InChI=1S/C21H23ClN2O4/c1-3-4-5-18-23-17(13-25)20(22)24(18)12-14-6-8-15(9-7-14)16-10-11-28-19(16)21(26)27-2/h6-11,25H,3-5,12-13H2,1-2H3. The van der Waals surface area contributed by atoms with Gasteiger partial charge in [0, 0.05) is 12.0 Å². The van der Waals surface area contributed by atoms with Gasteiger partial charge in [0.05, 0.1) is 26.5 Å². The largest absolute Gasteiger partial charge is 0.463 e. The van der Waals surface area contributed by atoms with Crippen LogP contribution in [0, 0.1) is 0 Å². The SMILES string of the molecule is CCCCc1nc(CO)c(Cl)n1Cc1ccc(-c2ccoc2C(=O)OC)cc1. The fourth-order valence-electron chi connectivity index (χ4n) is 3.08. The monoisotopic (exact) mass is 402 g/mol. The van der Waals surface area contributed by atoms with Gasteiger partial charge < -0.3 is 18.8 Å². The van der Waals surface area contributed by atoms with E-state index in [-0.39, 0.29) is 12.4 Å². The van der Waals surface area contributed by atoms with Gasteiger partial charge in [0.2, 0.25) is 5.76 Å². The summed E-state index contributed by atoms with van der Waals surface area (Å²) in [5.41, 5.74) is 3.08. The molecule has 0 amide bonds. The molecule has 0 aliphatic carbocycles. The number of carbonyl (C=O) groups is 1. The van der Waals surface area contributed by atoms with E-state index in [4.69, 9.17) is 20.8 Å². The Labute approximate surface area is 168 Å². The van der Waals surface area contributed by atoms with Crippen LogP contribution in [0.3, 0.4) is 0 Å². The molecule has 148 valence electrons. The Morgan fingerprint density at radius 1 is 1.29 bits per heavy atom. The predicted molar refractivity (Wildman–Crippen MR) is 106 cm³/mol. The molecule has 28 heavy (non-hydrogen) atoms. The van der Waals surface area contributed by atoms with Gasteiger partial charge in [-0.25, -0.2) is 9.78 Å². The number of ether oxygens (including phenoxy) is 1. The minimum atomic E-state index is -0.508. The molecule has 0 spiro atoms. The zero-order chi connectivity index (χ0) is 20.1. The molecule has 7 heteroatoms. The van der Waals surface area contributed by atoms with Crippen LogP contribution in [0.15, 0.2) is 41.0 Å². The lowest BCUT2D eigenvalue weighted by atomic mass is 10.0. The Kier molecular flexibility index (Phi) is 6.54. The molecule has 0 aliphatic rings. The summed E-state index contributed by atoms with van der Waals surface area (Å²) >= 11 is 6.42. The number of aliphatic hydroxyl groups excluding tert-OH is 1. The molecular weight excluding hydrogens is 380 g/mol. The number of nitrogens with zero attached hydrogens (tertiary/aromatic N) is 2. The van der Waals surface area contributed by atoms with Crippen molar-refractivity contribution in [2.24, 2.45) is 0 Å². The van der Waals surface area contributed by atoms with Crippen molar-refractivity contribution in [1.29, 1.82) is 0 Å². The second-order valence-electron chi connectivity index (χ2n) is 6.47. The molecule has 1 N–H and O–H groups in total. The Hall–Kier alpha value is -2.57. The number of imidazole rings is 1. The molecule has 0 saturated carbocycles. The van der Waals surface area contributed by atoms with Gasteiger partial charge in [0.1, 0.15) is 16.7 Å². The van der Waals surface area contributed by atoms with Gasteiger partial charge in [0.15, 0.2) is 0 Å². The molecule has 0 saturated heterocycles. The highest BCUT2D eigenvalue weighted by atomic mass is 35.5. The summed E-state index contributed by atoms with van der Waals surface area (Å²) in [4.78, 5) is 16.3. The van der Waals surface area contributed by atoms with Gasteiger partial charge in [-0.2, -0.15) is 0 Å². The topological polar surface area (TPSA) is 77.5 Å². The Morgan fingerprint density at radius 3 is 2.68 bits per heavy atom. The summed E-state index contributed by atoms with van der Waals surface area (Å²) in [6.45, 7) is 2.50. The lowest BCUT2D eigenvalue weighted by Crippen LogP contribution is -2.06. The Bertz CT molecular complexity index is 944. The van der Waals surface area contributed by atoms with Gasteiger partial charge in [0.25, 0.3) is 0 Å². The molecule has 3 rings (SSSR count). The smallest absolute Gasteiger partial charge is 0.374 e. The average molecular weight is 403 g/mol. The molecule has 0 unspecified atom stereocenters. The number of aryl methyl sites for hydroxylation is 1. The van der Waals surface area contributed by atoms with Gasteiger partial charge in [-0.3, -0.25) is 0 Å². The maximum absolute atomic E-state index is 11.8. The van der Waals surface area contributed by atoms with Crippen molar-refractivity contribution in [2.45, 2.75) is 39.3 Å². The van der Waals surface area contributed by atoms with Crippen LogP contribution in [-0.2, 0) is 24.3 Å². The molecule has 2 aromatic heterocycles. The fourth-order valence-corrected chi connectivity index (χ4v) is 3.34. The van der Waals surface area contributed by atoms with Crippen LogP contribution in [0.1, 0.15) is 47.4 Å². The molecule has 0 fully saturated rings. The molecule has 0 atom stereocenters. The van der Waals surface area contributed by atoms with Crippen molar-refractivity contribution in [3.8, 4) is 11.1 Å². The quantitative estimate of drug-likeness (QED) is 0.562. The summed E-state index contributed by atoms with van der Waals surface area (Å²) in [6.07, 6.45) is 4.35. The number of rotatable bonds is 8. The van der Waals surface area contributed by atoms with E-state index in [2.05, 4.69) is 11.9 Å². The third kappa shape index (κ3) is 4.13. The number of hydrogen-bond donors (Lipinski definition) is 1. The summed E-state index contributed by atoms with van der Waals surface area (Å²) in [7, 11) is 1.32. The number of carbonyl (C=O) groups excluding carboxylic acids is 1. The summed E-state index contributed by atoms with van der Waals surface area (Å²) < 4.78 is 11.9. The lowest BCUT2D eigenvalue weighted by molar-refractivity contribution is 0.0566. The first-order valence-corrected chi connectivity index (χ1v) is 9.56. The van der Waals surface area contributed by atoms with Crippen LogP contribution in [0.5, 0.6) is 0 Å². The zero-order valence-corrected chi connectivity index (χ0v) is 16.7. The van der Waals surface area contributed by atoms with Crippen LogP contribution in [0.2, 0.25) is 5.15 Å². The first-order chi connectivity index (χ1) is 13.6. The number of aromatic nitrogens is 2. The first kappa shape index (κ1) is 20.2. The number of methoxy groups -OCH3 is 1. The summed E-state index contributed by atoms with van der Waals surface area (Å²) in [5, 5.41) is 9.95. The van der Waals surface area contributed by atoms with Crippen molar-refractivity contribution in [2.75, 3.05) is 7.11 Å². The van der Waals surface area contributed by atoms with E-state index < -0.39 is 5.97 Å². The van der Waals surface area contributed by atoms with E-state index in [1.54, 1.807) is 6.07 Å². The van der Waals surface area contributed by atoms with E-state index in [1.807, 2.05) is 28.8 Å². The molecule has 2 heterocycles. The van der Waals surface area contributed by atoms with E-state index in [1.165, 1.54) is 13.4 Å². The van der Waals surface area contributed by atoms with Gasteiger partial charge in [-0.1, -0.05) is 49.2 Å². The molecule has 6 nitrogen and oxygen atoms in total. The minimum absolute atomic E-state index is 0.180. The number of unbranched alkanes of at least 4 members (excludes halogenated alkanes) is 1. The van der Waals surface area contributed by atoms with E-state index in [9.17, 15) is 9.90 Å². The number of furan rings is 1. The van der Waals surface area contributed by atoms with E-state index >= 15 is 0 Å². The van der Waals surface area contributed by atoms with Crippen molar-refractivity contribution in [3.05, 3.63) is 64.6 Å². The molecule has 0 bridgehead atoms. The molecule has 0 radical (unpaired) electrons. The minimum Gasteiger partial charge on any atom is -0.463 e. The number of halogens is 1. The number of aliphatic hydroxyl groups is 1. The normalized spacial score (nSPS) is 11.0. The van der Waals surface area contributed by atoms with Crippen molar-refractivity contribution < 1.29 is 19.1 Å². The van der Waals surface area contributed by atoms with Crippen LogP contribution >= 0.6 is 11.6 Å². The Morgan fingerprint density at radius 2 is 2.04 bits per heavy atom. The number of hydrogen-bond acceptors (Lipinski definition) is 5. The van der Waals surface area contributed by atoms with Crippen LogP contribution in [-0.4, -0.2) is 27.7 Å². The summed E-state index contributed by atoms with van der Waals surface area (Å²) in [5.74, 6) is 0.552.